The number of rotatable bonds is 23. The summed E-state index contributed by atoms with van der Waals surface area (Å²) in [5.74, 6) is -5.17. The predicted octanol–water partition coefficient (Wildman–Crippen LogP) is -11.9. The molecule has 0 radical (unpaired) electrons. The summed E-state index contributed by atoms with van der Waals surface area (Å²) in [6, 6.07) is 11.0. The molecular formula is C32H23N6Na5O24S7. The topological polar surface area (TPSA) is 476 Å². The molecule has 0 heterocycles. The molecule has 3 N–H and O–H groups in total. The van der Waals surface area contributed by atoms with Crippen LogP contribution in [0.5, 0.6) is 17.2 Å². The van der Waals surface area contributed by atoms with Crippen LogP contribution in [0.2, 0.25) is 0 Å². The summed E-state index contributed by atoms with van der Waals surface area (Å²) in [6.45, 7) is -1.44. The summed E-state index contributed by atoms with van der Waals surface area (Å²) >= 11 is 0.131. The zero-order valence-electron chi connectivity index (χ0n) is 38.2. The second-order valence-corrected chi connectivity index (χ2v) is 21.9. The van der Waals surface area contributed by atoms with E-state index >= 15 is 0 Å². The summed E-state index contributed by atoms with van der Waals surface area (Å²) in [5, 5.41) is 82.5. The average molecular weight is 1210 g/mol. The molecule has 74 heavy (non-hydrogen) atoms. The minimum absolute atomic E-state index is 0. The molecule has 42 heteroatoms. The third kappa shape index (κ3) is 20.9. The van der Waals surface area contributed by atoms with Gasteiger partial charge in [0.05, 0.1) is 72.6 Å². The Morgan fingerprint density at radius 3 is 1.38 bits per heavy atom. The normalized spacial score (nSPS) is 12.2. The third-order valence-corrected chi connectivity index (χ3v) is 14.9. The van der Waals surface area contributed by atoms with Gasteiger partial charge in [-0.15, -0.1) is 24.8 Å². The number of hydrogen-bond acceptors (Lipinski definition) is 32. The maximum atomic E-state index is 12.7. The molecule has 5 aromatic rings. The molecular weight excluding hydrogens is 1190 g/mol. The Labute approximate surface area is 538 Å². The number of nitrogens with zero attached hydrogens (tertiary/aromatic N) is 6. The zero-order chi connectivity index (χ0) is 51.0. The number of benzene rings is 5. The molecule has 0 aromatic heterocycles. The Kier molecular flexibility index (Phi) is 31.9. The number of aromatic hydroxyl groups is 3. The van der Waals surface area contributed by atoms with Gasteiger partial charge in [-0.25, -0.2) is 42.1 Å². The fraction of sp³-hybridized carbons (Fsp3) is 0.125. The molecule has 0 aliphatic heterocycles. The number of phenols is 3. The first-order valence-corrected chi connectivity index (χ1v) is 26.4. The van der Waals surface area contributed by atoms with Gasteiger partial charge in [0.15, 0.2) is 66.3 Å². The van der Waals surface area contributed by atoms with Gasteiger partial charge in [0.25, 0.3) is 0 Å². The summed E-state index contributed by atoms with van der Waals surface area (Å²) in [7, 11) is -24.3. The molecule has 0 spiro atoms. The van der Waals surface area contributed by atoms with Crippen LogP contribution in [0.25, 0.3) is 10.8 Å². The van der Waals surface area contributed by atoms with Crippen LogP contribution < -0.4 is 158 Å². The van der Waals surface area contributed by atoms with Crippen LogP contribution in [0.1, 0.15) is 0 Å². The van der Waals surface area contributed by atoms with Crippen LogP contribution in [0.15, 0.2) is 128 Å². The van der Waals surface area contributed by atoms with Gasteiger partial charge in [-0.2, -0.15) is 14.6 Å². The Bertz CT molecular complexity index is 3420. The van der Waals surface area contributed by atoms with Crippen LogP contribution >= 0.6 is 24.4 Å². The molecule has 0 saturated heterocycles. The predicted molar refractivity (Wildman–Crippen MR) is 220 cm³/mol. The van der Waals surface area contributed by atoms with Crippen molar-refractivity contribution in [2.75, 3.05) is 24.7 Å². The van der Waals surface area contributed by atoms with Gasteiger partial charge in [0.1, 0.15) is 25.9 Å². The van der Waals surface area contributed by atoms with Crippen LogP contribution in [0, 0.1) is 0 Å². The zero-order valence-corrected chi connectivity index (χ0v) is 53.9. The number of hydrogen-bond donors (Lipinski definition) is 3. The van der Waals surface area contributed by atoms with Gasteiger partial charge in [0, 0.05) is 5.39 Å². The monoisotopic (exact) mass is 1210 g/mol. The van der Waals surface area contributed by atoms with Crippen LogP contribution in [0.4, 0.5) is 34.1 Å². The standard InChI is InChI=1S/C32H28N6O24S7.5Na/c39-30-27(36-33-18-1-5-20(6-2-18)65(44,45)11-9-57-64-62-60-43)31(40)29(32(41)28(30)37-34-19-3-7-21(8-4-19)66(46,47)12-10-58-69(54,55)56)38-35-24-16-23-17(14-25(24)63-61-59-42)13-22(67(48,49)50)15-26(23)68(51,52)53;;;;;/h1-8,13-16,39-43H,9-12H2,(H,48,49,50)(H,51,52,53)(H,54,55,56);;;;;/q;5*+1/p-5. The molecule has 0 aliphatic carbocycles. The van der Waals surface area contributed by atoms with E-state index in [4.69, 9.17) is 4.18 Å². The first-order chi connectivity index (χ1) is 32.3. The van der Waals surface area contributed by atoms with Crippen molar-refractivity contribution in [1.29, 1.82) is 0 Å². The molecule has 0 aliphatic rings. The Morgan fingerprint density at radius 1 is 0.514 bits per heavy atom. The van der Waals surface area contributed by atoms with E-state index in [1.165, 1.54) is 0 Å². The Morgan fingerprint density at radius 2 is 0.959 bits per heavy atom. The van der Waals surface area contributed by atoms with Gasteiger partial charge in [-0.05, 0) is 78.2 Å². The van der Waals surface area contributed by atoms with Gasteiger partial charge in [0.2, 0.25) is 10.4 Å². The van der Waals surface area contributed by atoms with E-state index < -0.39 is 140 Å². The minimum Gasteiger partial charge on any atom is -0.744 e. The van der Waals surface area contributed by atoms with E-state index in [1.54, 1.807) is 0 Å². The molecule has 0 atom stereocenters. The second kappa shape index (κ2) is 32.1. The van der Waals surface area contributed by atoms with Crippen molar-refractivity contribution in [3.8, 4) is 17.2 Å². The van der Waals surface area contributed by atoms with Crippen LogP contribution in [-0.2, 0) is 77.4 Å². The number of fused-ring (bicyclic) bond motifs is 1. The van der Waals surface area contributed by atoms with Crippen molar-refractivity contribution < 1.29 is 256 Å². The van der Waals surface area contributed by atoms with Gasteiger partial charge < -0.3 is 39.5 Å². The average Bonchev–Trinajstić information content (AvgIpc) is 3.26. The van der Waals surface area contributed by atoms with E-state index in [9.17, 15) is 81.6 Å². The smallest absolute Gasteiger partial charge is 0.744 e. The molecule has 0 bridgehead atoms. The quantitative estimate of drug-likeness (QED) is 0.00799. The Balaban J connectivity index is 0.0000107. The Hall–Kier alpha value is -0.430. The molecule has 5 rings (SSSR count). The maximum absolute atomic E-state index is 12.7. The van der Waals surface area contributed by atoms with Crippen molar-refractivity contribution >= 4 is 120 Å². The number of sulfone groups is 2. The van der Waals surface area contributed by atoms with E-state index in [0.717, 1.165) is 60.7 Å². The van der Waals surface area contributed by atoms with Crippen molar-refractivity contribution in [1.82, 2.24) is 0 Å². The van der Waals surface area contributed by atoms with E-state index in [2.05, 4.69) is 53.6 Å². The largest absolute Gasteiger partial charge is 1.00 e. The number of azo groups is 3. The number of phenolic OH excluding ortho intramolecular Hbond substituents is 3. The van der Waals surface area contributed by atoms with Gasteiger partial charge >= 0.3 is 148 Å². The molecule has 0 fully saturated rings. The molecule has 5 aromatic carbocycles. The maximum Gasteiger partial charge on any atom is 1.00 e. The fourth-order valence-electron chi connectivity index (χ4n) is 5.27. The van der Waals surface area contributed by atoms with Gasteiger partial charge in [-0.1, -0.05) is 0 Å². The first kappa shape index (κ1) is 73.6. The van der Waals surface area contributed by atoms with Crippen molar-refractivity contribution in [2.24, 2.45) is 30.7 Å². The summed E-state index contributed by atoms with van der Waals surface area (Å²) in [5.41, 5.74) is -3.84. The second-order valence-electron chi connectivity index (χ2n) is 12.7. The summed E-state index contributed by atoms with van der Waals surface area (Å²) in [6.07, 6.45) is 0. The molecule has 0 saturated carbocycles. The van der Waals surface area contributed by atoms with Gasteiger partial charge in [-0.3, -0.25) is 18.4 Å². The third-order valence-electron chi connectivity index (χ3n) is 8.32. The molecule has 30 nitrogen and oxygen atoms in total. The van der Waals surface area contributed by atoms with E-state index in [-0.39, 0.29) is 199 Å². The fourth-order valence-corrected chi connectivity index (χ4v) is 9.95. The molecule has 0 unspecified atom stereocenters. The summed E-state index contributed by atoms with van der Waals surface area (Å²) in [4.78, 5) is -3.43. The van der Waals surface area contributed by atoms with E-state index in [1.807, 2.05) is 0 Å². The molecule has 0 amide bonds. The molecule has 372 valence electrons. The van der Waals surface area contributed by atoms with Crippen molar-refractivity contribution in [2.45, 2.75) is 24.5 Å². The minimum atomic E-state index is -5.56. The van der Waals surface area contributed by atoms with Crippen LogP contribution in [0.3, 0.4) is 0 Å². The van der Waals surface area contributed by atoms with Crippen LogP contribution in [-0.4, -0.2) is 95.8 Å². The van der Waals surface area contributed by atoms with Crippen molar-refractivity contribution in [3.63, 3.8) is 0 Å². The van der Waals surface area contributed by atoms with Crippen molar-refractivity contribution in [3.05, 3.63) is 72.8 Å². The van der Waals surface area contributed by atoms with E-state index in [0.29, 0.717) is 6.07 Å². The SMILES string of the molecule is O=S(=O)([O-])OCCS(=O)(=O)c1ccc(N=Nc2c(O)c(N=Nc3ccc(S(=O)(=O)CCOSOO[O-])cc3)c(O)c(N=Nc3cc4c(S(=O)(=O)[O-])cc(S(=O)(=O)[O-])cc4cc3SOO[O-])c2O)cc1.[Na+].[Na+].[Na+].[Na+].[Na+]. The first-order valence-electron chi connectivity index (χ1n) is 17.5. The summed E-state index contributed by atoms with van der Waals surface area (Å²) < 4.78 is 171.